The number of pyridine rings is 1. The van der Waals surface area contributed by atoms with Crippen molar-refractivity contribution in [1.29, 1.82) is 0 Å². The van der Waals surface area contributed by atoms with Crippen molar-refractivity contribution < 1.29 is 23.8 Å². The molecule has 36 heavy (non-hydrogen) atoms. The average molecular weight is 508 g/mol. The zero-order valence-corrected chi connectivity index (χ0v) is 21.5. The van der Waals surface area contributed by atoms with Crippen molar-refractivity contribution in [2.45, 2.75) is 70.4 Å². The zero-order chi connectivity index (χ0) is 25.8. The summed E-state index contributed by atoms with van der Waals surface area (Å²) in [6.45, 7) is 6.02. The van der Waals surface area contributed by atoms with Gasteiger partial charge in [0.1, 0.15) is 18.5 Å². The number of aryl methyl sites for hydroxylation is 2. The maximum Gasteiger partial charge on any atom is 0.326 e. The van der Waals surface area contributed by atoms with Crippen molar-refractivity contribution >= 4 is 17.8 Å². The van der Waals surface area contributed by atoms with Crippen LogP contribution < -0.4 is 10.6 Å². The minimum atomic E-state index is -1.07. The van der Waals surface area contributed by atoms with Crippen molar-refractivity contribution in [2.75, 3.05) is 57.9 Å². The maximum atomic E-state index is 13.2. The highest BCUT2D eigenvalue weighted by molar-refractivity contribution is 5.82. The molecule has 0 aromatic carbocycles. The van der Waals surface area contributed by atoms with Gasteiger partial charge in [0, 0.05) is 38.5 Å². The molecule has 0 spiro atoms. The first-order valence-corrected chi connectivity index (χ1v) is 13.4. The summed E-state index contributed by atoms with van der Waals surface area (Å²) in [7, 11) is 0. The molecule has 3 rings (SSSR count). The molecule has 2 aliphatic heterocycles. The fourth-order valence-corrected chi connectivity index (χ4v) is 4.89. The Morgan fingerprint density at radius 2 is 2.17 bits per heavy atom. The number of likely N-dealkylation sites (tertiary alicyclic amines) is 1. The molecule has 10 heteroatoms. The molecule has 1 saturated heterocycles. The van der Waals surface area contributed by atoms with Crippen LogP contribution in [0, 0.1) is 0 Å². The number of hydrogen-bond acceptors (Lipinski definition) is 6. The van der Waals surface area contributed by atoms with Crippen molar-refractivity contribution in [3.63, 3.8) is 0 Å². The summed E-state index contributed by atoms with van der Waals surface area (Å²) in [5.41, 5.74) is 2.38. The first kappa shape index (κ1) is 28.1. The van der Waals surface area contributed by atoms with Crippen LogP contribution in [0.15, 0.2) is 12.1 Å². The van der Waals surface area contributed by atoms with E-state index in [1.807, 2.05) is 6.92 Å². The van der Waals surface area contributed by atoms with Crippen LogP contribution in [0.25, 0.3) is 0 Å². The lowest BCUT2D eigenvalue weighted by molar-refractivity contribution is -0.139. The molecule has 0 radical (unpaired) electrons. The van der Waals surface area contributed by atoms with Gasteiger partial charge in [-0.2, -0.15) is 0 Å². The molecule has 3 N–H and O–H groups in total. The van der Waals surface area contributed by atoms with E-state index in [-0.39, 0.29) is 6.42 Å². The number of carbonyl (C=O) groups excluding carboxylic acids is 1. The van der Waals surface area contributed by atoms with Gasteiger partial charge in [-0.05, 0) is 76.5 Å². The molecule has 1 aromatic rings. The van der Waals surface area contributed by atoms with Crippen LogP contribution in [0.4, 0.5) is 15.0 Å². The van der Waals surface area contributed by atoms with E-state index in [0.717, 1.165) is 63.1 Å². The molecular weight excluding hydrogens is 465 g/mol. The molecule has 1 fully saturated rings. The molecule has 0 aliphatic carbocycles. The number of alkyl halides is 1. The number of hydrogen-bond donors (Lipinski definition) is 3. The molecule has 1 aromatic heterocycles. The molecule has 9 nitrogen and oxygen atoms in total. The lowest BCUT2D eigenvalue weighted by Crippen LogP contribution is -2.50. The number of nitrogens with one attached hydrogen (secondary N) is 2. The van der Waals surface area contributed by atoms with E-state index in [0.29, 0.717) is 39.3 Å². The minimum Gasteiger partial charge on any atom is -0.480 e. The van der Waals surface area contributed by atoms with Gasteiger partial charge in [-0.15, -0.1) is 0 Å². The largest absolute Gasteiger partial charge is 0.480 e. The van der Waals surface area contributed by atoms with Gasteiger partial charge in [0.15, 0.2) is 0 Å². The highest BCUT2D eigenvalue weighted by Gasteiger charge is 2.31. The predicted octanol–water partition coefficient (Wildman–Crippen LogP) is 3.09. The number of unbranched alkanes of at least 4 members (excludes halogenated alkanes) is 1. The van der Waals surface area contributed by atoms with Crippen molar-refractivity contribution in [2.24, 2.45) is 0 Å². The number of amides is 2. The van der Waals surface area contributed by atoms with Crippen LogP contribution in [0.3, 0.4) is 0 Å². The Bertz CT molecular complexity index is 843. The molecule has 2 atom stereocenters. The Morgan fingerprint density at radius 1 is 1.31 bits per heavy atom. The van der Waals surface area contributed by atoms with Gasteiger partial charge >= 0.3 is 12.0 Å². The summed E-state index contributed by atoms with van der Waals surface area (Å²) in [6, 6.07) is 2.33. The van der Waals surface area contributed by atoms with Crippen molar-refractivity contribution in [3.8, 4) is 0 Å². The Balaban J connectivity index is 1.46. The monoisotopic (exact) mass is 507 g/mol. The molecule has 0 unspecified atom stereocenters. The van der Waals surface area contributed by atoms with Crippen LogP contribution in [0.2, 0.25) is 0 Å². The van der Waals surface area contributed by atoms with Crippen LogP contribution in [0.5, 0.6) is 0 Å². The van der Waals surface area contributed by atoms with Crippen molar-refractivity contribution in [1.82, 2.24) is 20.1 Å². The molecule has 2 aliphatic rings. The summed E-state index contributed by atoms with van der Waals surface area (Å²) in [5, 5.41) is 15.7. The Hall–Kier alpha value is -2.46. The second kappa shape index (κ2) is 14.9. The number of nitrogens with zero attached hydrogens (tertiary/aromatic N) is 3. The highest BCUT2D eigenvalue weighted by atomic mass is 19.1. The van der Waals surface area contributed by atoms with Crippen LogP contribution in [-0.4, -0.2) is 96.6 Å². The summed E-state index contributed by atoms with van der Waals surface area (Å²) < 4.78 is 18.7. The van der Waals surface area contributed by atoms with Gasteiger partial charge in [-0.25, -0.2) is 19.0 Å². The summed E-state index contributed by atoms with van der Waals surface area (Å²) in [5.74, 6) is -0.0539. The molecule has 3 heterocycles. The fraction of sp³-hybridized carbons (Fsp3) is 0.731. The Labute approximate surface area is 213 Å². The van der Waals surface area contributed by atoms with Gasteiger partial charge in [0.2, 0.25) is 0 Å². The molecule has 0 saturated carbocycles. The standard InChI is InChI=1S/C26H42FN5O4/c1-2-36-18-17-31(14-4-3-8-21-11-10-20-7-5-13-28-24(20)29-21)16-12-23(25(33)34)30-26(35)32-15-6-9-22(32)19-27/h10-11,22-23H,2-9,12-19H2,1H3,(H,28,29)(H,30,35)(H,33,34)/t22-,23-/m0/s1. The number of urea groups is 1. The number of fused-ring (bicyclic) bond motifs is 1. The smallest absolute Gasteiger partial charge is 0.326 e. The number of carbonyl (C=O) groups is 2. The number of ether oxygens (including phenoxy) is 1. The fourth-order valence-electron chi connectivity index (χ4n) is 4.89. The summed E-state index contributed by atoms with van der Waals surface area (Å²) in [4.78, 5) is 32.8. The second-order valence-corrected chi connectivity index (χ2v) is 9.61. The third kappa shape index (κ3) is 8.58. The second-order valence-electron chi connectivity index (χ2n) is 9.61. The van der Waals surface area contributed by atoms with E-state index in [2.05, 4.69) is 27.7 Å². The third-order valence-electron chi connectivity index (χ3n) is 7.01. The van der Waals surface area contributed by atoms with Gasteiger partial charge < -0.3 is 30.3 Å². The van der Waals surface area contributed by atoms with Gasteiger partial charge in [0.25, 0.3) is 0 Å². The average Bonchev–Trinajstić information content (AvgIpc) is 3.37. The van der Waals surface area contributed by atoms with E-state index < -0.39 is 30.8 Å². The number of aliphatic carboxylic acids is 1. The first-order chi connectivity index (χ1) is 17.5. The minimum absolute atomic E-state index is 0.277. The SMILES string of the molecule is CCOCCN(CCCCc1ccc2c(n1)NCCC2)CC[C@H](NC(=O)N1CCC[C@H]1CF)C(=O)O. The lowest BCUT2D eigenvalue weighted by Gasteiger charge is -2.27. The Kier molecular flexibility index (Phi) is 11.7. The third-order valence-corrected chi connectivity index (χ3v) is 7.01. The van der Waals surface area contributed by atoms with E-state index in [1.165, 1.54) is 10.5 Å². The summed E-state index contributed by atoms with van der Waals surface area (Å²) >= 11 is 0. The zero-order valence-electron chi connectivity index (χ0n) is 21.5. The number of rotatable bonds is 15. The van der Waals surface area contributed by atoms with E-state index in [1.54, 1.807) is 0 Å². The van der Waals surface area contributed by atoms with Crippen LogP contribution >= 0.6 is 0 Å². The molecule has 0 bridgehead atoms. The van der Waals surface area contributed by atoms with Crippen LogP contribution in [-0.2, 0) is 22.4 Å². The van der Waals surface area contributed by atoms with E-state index >= 15 is 0 Å². The van der Waals surface area contributed by atoms with Gasteiger partial charge in [-0.3, -0.25) is 0 Å². The number of carboxylic acid groups (broad SMARTS) is 1. The highest BCUT2D eigenvalue weighted by Crippen LogP contribution is 2.20. The lowest BCUT2D eigenvalue weighted by atomic mass is 10.1. The quantitative estimate of drug-likeness (QED) is 0.313. The summed E-state index contributed by atoms with van der Waals surface area (Å²) in [6.07, 6.45) is 6.69. The Morgan fingerprint density at radius 3 is 2.94 bits per heavy atom. The normalized spacial score (nSPS) is 18.1. The number of carboxylic acids is 1. The van der Waals surface area contributed by atoms with Crippen LogP contribution in [0.1, 0.15) is 56.7 Å². The maximum absolute atomic E-state index is 13.2. The van der Waals surface area contributed by atoms with Gasteiger partial charge in [0.05, 0.1) is 12.6 Å². The first-order valence-electron chi connectivity index (χ1n) is 13.4. The predicted molar refractivity (Wildman–Crippen MR) is 137 cm³/mol. The molecule has 2 amide bonds. The topological polar surface area (TPSA) is 107 Å². The number of anilines is 1. The number of aromatic nitrogens is 1. The number of halogens is 1. The van der Waals surface area contributed by atoms with Crippen molar-refractivity contribution in [3.05, 3.63) is 23.4 Å². The molecule has 202 valence electrons. The van der Waals surface area contributed by atoms with Gasteiger partial charge in [-0.1, -0.05) is 6.07 Å². The van der Waals surface area contributed by atoms with E-state index in [9.17, 15) is 19.1 Å². The molecular formula is C26H42FN5O4. The van der Waals surface area contributed by atoms with E-state index in [4.69, 9.17) is 9.72 Å².